The molecular formula is C27H32OSi. The van der Waals surface area contributed by atoms with Gasteiger partial charge < -0.3 is 5.11 Å². The topological polar surface area (TPSA) is 20.2 Å². The molecule has 3 aromatic carbocycles. The Hall–Kier alpha value is -2.42. The molecule has 3 rings (SSSR count). The Labute approximate surface area is 176 Å². The predicted octanol–water partition coefficient (Wildman–Crippen LogP) is 4.58. The van der Waals surface area contributed by atoms with Gasteiger partial charge in [0.05, 0.1) is 5.60 Å². The second kappa shape index (κ2) is 9.86. The molecule has 0 spiro atoms. The Morgan fingerprint density at radius 3 is 1.41 bits per heavy atom. The first kappa shape index (κ1) is 21.3. The molecule has 1 nitrogen and oxygen atoms in total. The van der Waals surface area contributed by atoms with Crippen molar-refractivity contribution >= 4 is 23.6 Å². The van der Waals surface area contributed by atoms with Crippen LogP contribution in [0.15, 0.2) is 103 Å². The second-order valence-electron chi connectivity index (χ2n) is 7.78. The molecule has 0 aliphatic heterocycles. The maximum Gasteiger partial charge on any atom is 0.172 e. The van der Waals surface area contributed by atoms with Crippen molar-refractivity contribution < 1.29 is 5.11 Å². The number of benzene rings is 3. The van der Waals surface area contributed by atoms with Gasteiger partial charge in [-0.25, -0.2) is 0 Å². The summed E-state index contributed by atoms with van der Waals surface area (Å²) in [5.41, 5.74) is 1.92. The van der Waals surface area contributed by atoms with Crippen LogP contribution in [0, 0.1) is 0 Å². The predicted molar refractivity (Wildman–Crippen MR) is 128 cm³/mol. The van der Waals surface area contributed by atoms with Crippen molar-refractivity contribution in [2.24, 2.45) is 0 Å². The SMILES string of the molecule is CCC(O)(CC)CC/C=C\[Si](c1ccccc1)(c1ccccc1)c1ccccc1. The molecule has 0 atom stereocenters. The smallest absolute Gasteiger partial charge is 0.172 e. The van der Waals surface area contributed by atoms with Crippen LogP contribution in [0.1, 0.15) is 39.5 Å². The van der Waals surface area contributed by atoms with Gasteiger partial charge in [0.25, 0.3) is 0 Å². The lowest BCUT2D eigenvalue weighted by Gasteiger charge is -2.31. The van der Waals surface area contributed by atoms with E-state index in [4.69, 9.17) is 0 Å². The van der Waals surface area contributed by atoms with Gasteiger partial charge in [0.15, 0.2) is 8.07 Å². The first-order chi connectivity index (χ1) is 14.1. The van der Waals surface area contributed by atoms with Crippen molar-refractivity contribution in [3.63, 3.8) is 0 Å². The molecule has 0 aromatic heterocycles. The number of aliphatic hydroxyl groups is 1. The average molecular weight is 401 g/mol. The van der Waals surface area contributed by atoms with Gasteiger partial charge in [0.1, 0.15) is 0 Å². The van der Waals surface area contributed by atoms with Gasteiger partial charge in [-0.05, 0) is 41.2 Å². The van der Waals surface area contributed by atoms with Crippen LogP contribution in [0.3, 0.4) is 0 Å². The van der Waals surface area contributed by atoms with Crippen LogP contribution < -0.4 is 15.6 Å². The van der Waals surface area contributed by atoms with E-state index in [2.05, 4.69) is 117 Å². The maximum atomic E-state index is 10.7. The largest absolute Gasteiger partial charge is 0.390 e. The summed E-state index contributed by atoms with van der Waals surface area (Å²) in [6, 6.07) is 32.7. The first-order valence-electron chi connectivity index (χ1n) is 10.7. The number of hydrogen-bond donors (Lipinski definition) is 1. The molecule has 3 aromatic rings. The van der Waals surface area contributed by atoms with E-state index in [9.17, 15) is 5.11 Å². The van der Waals surface area contributed by atoms with Gasteiger partial charge >= 0.3 is 0 Å². The van der Waals surface area contributed by atoms with Crippen LogP contribution in [0.5, 0.6) is 0 Å². The van der Waals surface area contributed by atoms with E-state index in [0.29, 0.717) is 0 Å². The van der Waals surface area contributed by atoms with E-state index in [1.807, 2.05) is 0 Å². The fourth-order valence-corrected chi connectivity index (χ4v) is 8.36. The maximum absolute atomic E-state index is 10.7. The molecule has 0 amide bonds. The molecule has 0 aliphatic rings. The second-order valence-corrected chi connectivity index (χ2v) is 11.5. The molecule has 150 valence electrons. The van der Waals surface area contributed by atoms with Crippen molar-refractivity contribution in [1.82, 2.24) is 0 Å². The standard InChI is InChI=1S/C27H32OSi/c1-3-27(28,4-2)22-14-15-23-29(24-16-8-5-9-17-24,25-18-10-6-11-19-25)26-20-12-7-13-21-26/h5-13,15-21,23,28H,3-4,14,22H2,1-2H3/b23-15-. The van der Waals surface area contributed by atoms with Gasteiger partial charge in [-0.1, -0.05) is 117 Å². The third-order valence-electron chi connectivity index (χ3n) is 6.15. The summed E-state index contributed by atoms with van der Waals surface area (Å²) < 4.78 is 0. The minimum atomic E-state index is -2.30. The summed E-state index contributed by atoms with van der Waals surface area (Å²) in [7, 11) is -2.30. The minimum absolute atomic E-state index is 0.555. The molecular weight excluding hydrogens is 368 g/mol. The highest BCUT2D eigenvalue weighted by Crippen LogP contribution is 2.21. The molecule has 2 heteroatoms. The van der Waals surface area contributed by atoms with Gasteiger partial charge in [-0.15, -0.1) is 0 Å². The molecule has 1 N–H and O–H groups in total. The monoisotopic (exact) mass is 400 g/mol. The quantitative estimate of drug-likeness (QED) is 0.412. The number of hydrogen-bond acceptors (Lipinski definition) is 1. The van der Waals surface area contributed by atoms with Gasteiger partial charge in [0, 0.05) is 0 Å². The zero-order valence-electron chi connectivity index (χ0n) is 17.6. The lowest BCUT2D eigenvalue weighted by Crippen LogP contribution is -2.66. The highest BCUT2D eigenvalue weighted by molar-refractivity contribution is 7.14. The molecule has 0 bridgehead atoms. The Balaban J connectivity index is 2.09. The lowest BCUT2D eigenvalue weighted by molar-refractivity contribution is 0.0246. The molecule has 0 unspecified atom stereocenters. The fraction of sp³-hybridized carbons (Fsp3) is 0.259. The van der Waals surface area contributed by atoms with E-state index < -0.39 is 13.7 Å². The van der Waals surface area contributed by atoms with Crippen LogP contribution in [0.25, 0.3) is 0 Å². The summed E-state index contributed by atoms with van der Waals surface area (Å²) in [6.45, 7) is 4.15. The summed E-state index contributed by atoms with van der Waals surface area (Å²) in [5, 5.41) is 14.8. The van der Waals surface area contributed by atoms with Crippen molar-refractivity contribution in [3.05, 3.63) is 103 Å². The zero-order chi connectivity index (χ0) is 20.6. The normalized spacial score (nSPS) is 12.4. The number of allylic oxidation sites excluding steroid dienone is 1. The highest BCUT2D eigenvalue weighted by atomic mass is 28.3. The molecule has 29 heavy (non-hydrogen) atoms. The Morgan fingerprint density at radius 2 is 1.07 bits per heavy atom. The van der Waals surface area contributed by atoms with Crippen LogP contribution in [0.4, 0.5) is 0 Å². The molecule has 0 heterocycles. The summed E-state index contributed by atoms with van der Waals surface area (Å²) in [5.74, 6) is 0. The van der Waals surface area contributed by atoms with Gasteiger partial charge in [-0.2, -0.15) is 0 Å². The van der Waals surface area contributed by atoms with E-state index in [0.717, 1.165) is 25.7 Å². The lowest BCUT2D eigenvalue weighted by atomic mass is 9.92. The summed E-state index contributed by atoms with van der Waals surface area (Å²) in [4.78, 5) is 0. The zero-order valence-corrected chi connectivity index (χ0v) is 18.6. The van der Waals surface area contributed by atoms with Crippen LogP contribution >= 0.6 is 0 Å². The van der Waals surface area contributed by atoms with Crippen molar-refractivity contribution in [1.29, 1.82) is 0 Å². The molecule has 0 radical (unpaired) electrons. The molecule has 0 fully saturated rings. The Kier molecular flexibility index (Phi) is 7.24. The number of rotatable bonds is 9. The summed E-state index contributed by atoms with van der Waals surface area (Å²) >= 11 is 0. The van der Waals surface area contributed by atoms with Crippen molar-refractivity contribution in [3.8, 4) is 0 Å². The van der Waals surface area contributed by atoms with Crippen LogP contribution in [0.2, 0.25) is 0 Å². The van der Waals surface area contributed by atoms with Crippen molar-refractivity contribution in [2.45, 2.75) is 45.1 Å². The van der Waals surface area contributed by atoms with E-state index in [1.54, 1.807) is 0 Å². The summed E-state index contributed by atoms with van der Waals surface area (Å²) in [6.07, 6.45) is 5.61. The fourth-order valence-electron chi connectivity index (χ4n) is 4.11. The molecule has 0 saturated carbocycles. The average Bonchev–Trinajstić information content (AvgIpc) is 2.81. The van der Waals surface area contributed by atoms with Crippen LogP contribution in [-0.4, -0.2) is 18.8 Å². The Bertz CT molecular complexity index is 787. The highest BCUT2D eigenvalue weighted by Gasteiger charge is 2.36. The molecule has 0 saturated heterocycles. The third-order valence-corrected chi connectivity index (χ3v) is 10.6. The van der Waals surface area contributed by atoms with Crippen molar-refractivity contribution in [2.75, 3.05) is 0 Å². The first-order valence-corrected chi connectivity index (χ1v) is 12.8. The van der Waals surface area contributed by atoms with E-state index >= 15 is 0 Å². The van der Waals surface area contributed by atoms with Gasteiger partial charge in [0.2, 0.25) is 0 Å². The van der Waals surface area contributed by atoms with Crippen LogP contribution in [-0.2, 0) is 0 Å². The Morgan fingerprint density at radius 1 is 0.690 bits per heavy atom. The third kappa shape index (κ3) is 4.77. The van der Waals surface area contributed by atoms with E-state index in [1.165, 1.54) is 15.6 Å². The van der Waals surface area contributed by atoms with E-state index in [-0.39, 0.29) is 0 Å². The minimum Gasteiger partial charge on any atom is -0.390 e. The molecule has 0 aliphatic carbocycles. The van der Waals surface area contributed by atoms with Gasteiger partial charge in [-0.3, -0.25) is 0 Å².